The molecule has 0 bridgehead atoms. The highest BCUT2D eigenvalue weighted by Gasteiger charge is 2.23. The molecule has 0 saturated carbocycles. The Bertz CT molecular complexity index is 219. The summed E-state index contributed by atoms with van der Waals surface area (Å²) in [6.07, 6.45) is 4.03. The monoisotopic (exact) mass is 271 g/mol. The van der Waals surface area contributed by atoms with Gasteiger partial charge in [0, 0.05) is 0 Å². The molecule has 0 rings (SSSR count). The highest BCUT2D eigenvalue weighted by molar-refractivity contribution is 6.82. The molecule has 0 aliphatic carbocycles. The molecule has 0 radical (unpaired) electrons. The molecule has 0 fully saturated rings. The average molecular weight is 272 g/mol. The van der Waals surface area contributed by atoms with Crippen molar-refractivity contribution >= 4 is 16.3 Å². The molecule has 3 heteroatoms. The first kappa shape index (κ1) is 17.1. The molecular formula is C14H33NSi2. The van der Waals surface area contributed by atoms with Crippen LogP contribution in [0.5, 0.6) is 0 Å². The van der Waals surface area contributed by atoms with Crippen LogP contribution in [-0.2, 0) is 0 Å². The van der Waals surface area contributed by atoms with Crippen molar-refractivity contribution in [1.29, 1.82) is 0 Å². The molecule has 17 heavy (non-hydrogen) atoms. The summed E-state index contributed by atoms with van der Waals surface area (Å²) in [6, 6.07) is 1.39. The fourth-order valence-electron chi connectivity index (χ4n) is 1.96. The van der Waals surface area contributed by atoms with Gasteiger partial charge in [0.25, 0.3) is 0 Å². The van der Waals surface area contributed by atoms with E-state index in [9.17, 15) is 0 Å². The van der Waals surface area contributed by atoms with Gasteiger partial charge in [-0.15, -0.1) is 12.3 Å². The van der Waals surface area contributed by atoms with Gasteiger partial charge in [0.1, 0.15) is 8.24 Å². The van der Waals surface area contributed by atoms with Crippen molar-refractivity contribution in [3.63, 3.8) is 0 Å². The molecule has 0 N–H and O–H groups in total. The van der Waals surface area contributed by atoms with E-state index in [1.165, 1.54) is 38.4 Å². The van der Waals surface area contributed by atoms with E-state index in [2.05, 4.69) is 56.5 Å². The Morgan fingerprint density at radius 2 is 1.53 bits per heavy atom. The molecule has 0 spiro atoms. The zero-order valence-electron chi connectivity index (χ0n) is 13.0. The molecule has 0 heterocycles. The quantitative estimate of drug-likeness (QED) is 0.547. The molecule has 0 aliphatic heterocycles. The second-order valence-electron chi connectivity index (χ2n) is 6.81. The summed E-state index contributed by atoms with van der Waals surface area (Å²) >= 11 is 0. The summed E-state index contributed by atoms with van der Waals surface area (Å²) in [5, 5.41) is 0. The summed E-state index contributed by atoms with van der Waals surface area (Å²) in [6.45, 7) is 21.1. The van der Waals surface area contributed by atoms with Crippen molar-refractivity contribution in [3.05, 3.63) is 12.3 Å². The fraction of sp³-hybridized carbons (Fsp3) is 0.857. The van der Waals surface area contributed by atoms with Gasteiger partial charge in [0.05, 0.1) is 8.07 Å². The molecular weight excluding hydrogens is 238 g/mol. The van der Waals surface area contributed by atoms with E-state index in [0.717, 1.165) is 0 Å². The summed E-state index contributed by atoms with van der Waals surface area (Å²) in [5.41, 5.74) is 2.23. The first-order valence-corrected chi connectivity index (χ1v) is 13.8. The summed E-state index contributed by atoms with van der Waals surface area (Å²) in [4.78, 5) is 0. The maximum Gasteiger partial charge on any atom is 0.119 e. The minimum Gasteiger partial charge on any atom is -0.324 e. The molecule has 0 aromatic carbocycles. The van der Waals surface area contributed by atoms with Crippen molar-refractivity contribution in [1.82, 2.24) is 4.57 Å². The van der Waals surface area contributed by atoms with Crippen LogP contribution in [0.1, 0.15) is 26.2 Å². The third-order valence-corrected chi connectivity index (χ3v) is 8.62. The lowest BCUT2D eigenvalue weighted by molar-refractivity contribution is 0.410. The highest BCUT2D eigenvalue weighted by Crippen LogP contribution is 2.17. The number of hydrogen-bond donors (Lipinski definition) is 0. The lowest BCUT2D eigenvalue weighted by Gasteiger charge is -2.34. The fourth-order valence-corrected chi connectivity index (χ4v) is 4.89. The number of nitrogens with zero attached hydrogens (tertiary/aromatic N) is 1. The molecule has 102 valence electrons. The topological polar surface area (TPSA) is 3.24 Å². The summed E-state index contributed by atoms with van der Waals surface area (Å²) in [7, 11) is -2.19. The largest absolute Gasteiger partial charge is 0.324 e. The summed E-state index contributed by atoms with van der Waals surface area (Å²) < 4.78 is 2.78. The zero-order valence-corrected chi connectivity index (χ0v) is 15.0. The first-order chi connectivity index (χ1) is 7.73. The Morgan fingerprint density at radius 1 is 1.00 bits per heavy atom. The van der Waals surface area contributed by atoms with Gasteiger partial charge in [-0.05, 0) is 25.9 Å². The van der Waals surface area contributed by atoms with E-state index < -0.39 is 16.3 Å². The standard InChI is InChI=1S/C14H33NSi2/c1-8-10-12-15(16(3,4)5)13-11-14-17(6,7)9-2/h9H,2,8,10-14H2,1,3-7H3. The van der Waals surface area contributed by atoms with Crippen LogP contribution in [0.4, 0.5) is 0 Å². The molecule has 0 aliphatic rings. The van der Waals surface area contributed by atoms with Gasteiger partial charge >= 0.3 is 0 Å². The van der Waals surface area contributed by atoms with E-state index >= 15 is 0 Å². The SMILES string of the molecule is C=C[Si](C)(C)CCCN(CCCC)[Si](C)(C)C. The summed E-state index contributed by atoms with van der Waals surface area (Å²) in [5.74, 6) is 0. The first-order valence-electron chi connectivity index (χ1n) is 7.11. The second-order valence-corrected chi connectivity index (χ2v) is 16.7. The maximum atomic E-state index is 3.99. The Morgan fingerprint density at radius 3 is 1.94 bits per heavy atom. The third-order valence-electron chi connectivity index (χ3n) is 3.53. The van der Waals surface area contributed by atoms with E-state index in [0.29, 0.717) is 0 Å². The maximum absolute atomic E-state index is 3.99. The van der Waals surface area contributed by atoms with Crippen LogP contribution < -0.4 is 0 Å². The molecule has 0 aromatic heterocycles. The third kappa shape index (κ3) is 7.95. The van der Waals surface area contributed by atoms with E-state index in [1.54, 1.807) is 0 Å². The number of hydrogen-bond acceptors (Lipinski definition) is 1. The van der Waals surface area contributed by atoms with Crippen molar-refractivity contribution in [3.8, 4) is 0 Å². The van der Waals surface area contributed by atoms with Crippen LogP contribution in [0.15, 0.2) is 12.3 Å². The minimum atomic E-state index is -1.11. The number of unbranched alkanes of at least 4 members (excludes halogenated alkanes) is 1. The Labute approximate surface area is 111 Å². The molecule has 0 amide bonds. The number of rotatable bonds is 9. The van der Waals surface area contributed by atoms with Crippen molar-refractivity contribution < 1.29 is 0 Å². The van der Waals surface area contributed by atoms with E-state index in [4.69, 9.17) is 0 Å². The van der Waals surface area contributed by atoms with E-state index in [-0.39, 0.29) is 0 Å². The van der Waals surface area contributed by atoms with Crippen LogP contribution in [0.25, 0.3) is 0 Å². The Hall–Kier alpha value is 0.134. The van der Waals surface area contributed by atoms with Gasteiger partial charge in [-0.3, -0.25) is 0 Å². The average Bonchev–Trinajstić information content (AvgIpc) is 2.21. The van der Waals surface area contributed by atoms with Gasteiger partial charge in [-0.25, -0.2) is 0 Å². The van der Waals surface area contributed by atoms with Gasteiger partial charge in [-0.2, -0.15) is 0 Å². The second kappa shape index (κ2) is 7.54. The highest BCUT2D eigenvalue weighted by atomic mass is 28.3. The molecule has 0 atom stereocenters. The van der Waals surface area contributed by atoms with Crippen molar-refractivity contribution in [2.24, 2.45) is 0 Å². The molecule has 0 aromatic rings. The van der Waals surface area contributed by atoms with Crippen LogP contribution in [0.3, 0.4) is 0 Å². The van der Waals surface area contributed by atoms with Crippen LogP contribution in [-0.4, -0.2) is 34.0 Å². The molecule has 0 unspecified atom stereocenters. The van der Waals surface area contributed by atoms with Crippen LogP contribution in [0.2, 0.25) is 38.8 Å². The smallest absolute Gasteiger partial charge is 0.119 e. The van der Waals surface area contributed by atoms with Crippen molar-refractivity contribution in [2.45, 2.75) is 65.0 Å². The van der Waals surface area contributed by atoms with Crippen molar-refractivity contribution in [2.75, 3.05) is 13.1 Å². The van der Waals surface area contributed by atoms with Gasteiger partial charge in [0.15, 0.2) is 0 Å². The van der Waals surface area contributed by atoms with E-state index in [1.807, 2.05) is 0 Å². The molecule has 1 nitrogen and oxygen atoms in total. The predicted octanol–water partition coefficient (Wildman–Crippen LogP) is 4.75. The zero-order chi connectivity index (χ0) is 13.5. The lowest BCUT2D eigenvalue weighted by Crippen LogP contribution is -2.47. The van der Waals surface area contributed by atoms with Crippen LogP contribution in [0, 0.1) is 0 Å². The lowest BCUT2D eigenvalue weighted by atomic mass is 10.3. The van der Waals surface area contributed by atoms with Gasteiger partial charge in [-0.1, -0.05) is 52.1 Å². The van der Waals surface area contributed by atoms with Gasteiger partial charge < -0.3 is 4.57 Å². The Balaban J connectivity index is 4.13. The predicted molar refractivity (Wildman–Crippen MR) is 86.9 cm³/mol. The van der Waals surface area contributed by atoms with Gasteiger partial charge in [0.2, 0.25) is 0 Å². The minimum absolute atomic E-state index is 1.08. The van der Waals surface area contributed by atoms with Crippen LogP contribution >= 0.6 is 0 Å². The normalized spacial score (nSPS) is 13.1. The molecule has 0 saturated heterocycles. The Kier molecular flexibility index (Phi) is 7.60.